The summed E-state index contributed by atoms with van der Waals surface area (Å²) in [6.07, 6.45) is 28.1. The summed E-state index contributed by atoms with van der Waals surface area (Å²) in [5.74, 6) is 0.625. The van der Waals surface area contributed by atoms with Gasteiger partial charge in [-0.25, -0.2) is 4.57 Å². The van der Waals surface area contributed by atoms with Crippen molar-refractivity contribution in [1.82, 2.24) is 4.90 Å². The second-order valence-corrected chi connectivity index (χ2v) is 17.7. The van der Waals surface area contributed by atoms with Crippen LogP contribution in [0.15, 0.2) is 24.3 Å². The van der Waals surface area contributed by atoms with Crippen LogP contribution in [0.3, 0.4) is 0 Å². The smallest absolute Gasteiger partial charge is 0.390 e. The molecule has 0 spiro atoms. The number of nitrogens with two attached hydrogens (primary N) is 1. The van der Waals surface area contributed by atoms with Crippen LogP contribution in [-0.4, -0.2) is 74.8 Å². The predicted octanol–water partition coefficient (Wildman–Crippen LogP) is 10.2. The topological polar surface area (TPSA) is 103 Å². The van der Waals surface area contributed by atoms with E-state index in [1.54, 1.807) is 0 Å². The van der Waals surface area contributed by atoms with Crippen LogP contribution in [0.4, 0.5) is 0 Å². The van der Waals surface area contributed by atoms with Crippen molar-refractivity contribution in [3.8, 4) is 0 Å². The monoisotopic (exact) mass is 715 g/mol. The second-order valence-electron chi connectivity index (χ2n) is 15.9. The van der Waals surface area contributed by atoms with Crippen LogP contribution in [0.25, 0.3) is 0 Å². The highest BCUT2D eigenvalue weighted by Gasteiger charge is 2.50. The van der Waals surface area contributed by atoms with Crippen molar-refractivity contribution in [3.63, 3.8) is 0 Å². The van der Waals surface area contributed by atoms with Gasteiger partial charge < -0.3 is 15.6 Å². The highest BCUT2D eigenvalue weighted by atomic mass is 31.2. The molecule has 0 radical (unpaired) electrons. The number of allylic oxidation sites excluding steroid dienone is 4. The molecule has 0 heterocycles. The molecule has 0 bridgehead atoms. The zero-order valence-electron chi connectivity index (χ0n) is 33.4. The van der Waals surface area contributed by atoms with Crippen molar-refractivity contribution >= 4 is 7.82 Å². The molecule has 0 saturated heterocycles. The first-order valence-corrected chi connectivity index (χ1v) is 21.2. The summed E-state index contributed by atoms with van der Waals surface area (Å²) in [5.41, 5.74) is 5.06. The van der Waals surface area contributed by atoms with Gasteiger partial charge in [0.2, 0.25) is 0 Å². The van der Waals surface area contributed by atoms with Gasteiger partial charge in [0.1, 0.15) is 0 Å². The standard InChI is InChI=1S/C40H79N2O6P/c1-10-12-14-15-16-17-18-19-20-21-22-24-27-40(35(3)25-23-13-11-2)28-26-37(40)46-33-36(43)38(4,5)34-39(6,7)42(8)30-32-48-49(44,45-9)47-31-29-41/h16-17,19-20,35-37,43H,10-15,18,21-34,41H2,1-9H3/b17-16-,20-19-/t35-,36-,37?,40-,49?/m1/s1. The van der Waals surface area contributed by atoms with Gasteiger partial charge in [-0.05, 0) is 95.4 Å². The van der Waals surface area contributed by atoms with Gasteiger partial charge in [-0.15, -0.1) is 0 Å². The Morgan fingerprint density at radius 2 is 1.57 bits per heavy atom. The Morgan fingerprint density at radius 3 is 2.14 bits per heavy atom. The lowest BCUT2D eigenvalue weighted by Crippen LogP contribution is -2.53. The molecule has 0 amide bonds. The Morgan fingerprint density at radius 1 is 0.959 bits per heavy atom. The van der Waals surface area contributed by atoms with E-state index in [4.69, 9.17) is 24.0 Å². The van der Waals surface area contributed by atoms with Crippen LogP contribution in [0, 0.1) is 16.7 Å². The molecule has 0 aromatic heterocycles. The lowest BCUT2D eigenvalue weighted by atomic mass is 9.56. The maximum atomic E-state index is 12.6. The van der Waals surface area contributed by atoms with Crippen LogP contribution in [0.2, 0.25) is 0 Å². The molecule has 8 nitrogen and oxygen atoms in total. The molecular formula is C40H79N2O6P. The van der Waals surface area contributed by atoms with Crippen LogP contribution in [0.1, 0.15) is 151 Å². The summed E-state index contributed by atoms with van der Waals surface area (Å²) in [6, 6.07) is 0. The fourth-order valence-electron chi connectivity index (χ4n) is 7.40. The highest BCUT2D eigenvalue weighted by molar-refractivity contribution is 7.48. The Balaban J connectivity index is 2.70. The number of hydrogen-bond donors (Lipinski definition) is 2. The first-order chi connectivity index (χ1) is 23.2. The first kappa shape index (κ1) is 46.5. The van der Waals surface area contributed by atoms with E-state index in [1.165, 1.54) is 84.2 Å². The van der Waals surface area contributed by atoms with Gasteiger partial charge in [-0.3, -0.25) is 18.5 Å². The van der Waals surface area contributed by atoms with E-state index < -0.39 is 13.9 Å². The van der Waals surface area contributed by atoms with Gasteiger partial charge in [0, 0.05) is 25.7 Å². The number of aliphatic hydroxyl groups is 1. The third kappa shape index (κ3) is 17.2. The Hall–Kier alpha value is -0.570. The number of likely N-dealkylation sites (N-methyl/N-ethyl adjacent to an activating group) is 1. The molecule has 9 heteroatoms. The molecule has 1 rings (SSSR count). The first-order valence-electron chi connectivity index (χ1n) is 19.7. The van der Waals surface area contributed by atoms with E-state index >= 15 is 0 Å². The van der Waals surface area contributed by atoms with Crippen molar-refractivity contribution < 1.29 is 28.0 Å². The summed E-state index contributed by atoms with van der Waals surface area (Å²) in [6.45, 7) is 17.0. The number of phosphoric acid groups is 1. The molecule has 2 unspecified atom stereocenters. The molecule has 1 aliphatic rings. The molecule has 1 fully saturated rings. The molecule has 1 saturated carbocycles. The van der Waals surface area contributed by atoms with Gasteiger partial charge >= 0.3 is 7.82 Å². The molecule has 1 aliphatic carbocycles. The van der Waals surface area contributed by atoms with Gasteiger partial charge in [0.25, 0.3) is 0 Å². The predicted molar refractivity (Wildman–Crippen MR) is 207 cm³/mol. The zero-order valence-corrected chi connectivity index (χ0v) is 34.2. The quantitative estimate of drug-likeness (QED) is 0.0416. The molecule has 49 heavy (non-hydrogen) atoms. The third-order valence-electron chi connectivity index (χ3n) is 11.1. The zero-order chi connectivity index (χ0) is 36.8. The molecule has 0 aliphatic heterocycles. The fourth-order valence-corrected chi connectivity index (χ4v) is 8.32. The van der Waals surface area contributed by atoms with Crippen LogP contribution < -0.4 is 5.73 Å². The number of nitrogens with zero attached hydrogens (tertiary/aromatic N) is 1. The van der Waals surface area contributed by atoms with E-state index in [2.05, 4.69) is 77.7 Å². The third-order valence-corrected chi connectivity index (χ3v) is 12.6. The highest BCUT2D eigenvalue weighted by Crippen LogP contribution is 2.54. The average Bonchev–Trinajstić information content (AvgIpc) is 3.05. The number of hydrogen-bond acceptors (Lipinski definition) is 8. The van der Waals surface area contributed by atoms with Crippen LogP contribution in [0.5, 0.6) is 0 Å². The Bertz CT molecular complexity index is 957. The lowest BCUT2D eigenvalue weighted by Gasteiger charge is -2.54. The van der Waals surface area contributed by atoms with E-state index in [0.29, 0.717) is 19.1 Å². The molecule has 5 atom stereocenters. The number of rotatable bonds is 31. The fraction of sp³-hybridized carbons (Fsp3) is 0.900. The lowest BCUT2D eigenvalue weighted by molar-refractivity contribution is -0.170. The second kappa shape index (κ2) is 24.6. The molecule has 0 aromatic rings. The number of aliphatic hydroxyl groups excluding tert-OH is 1. The SMILES string of the molecule is CCCCC/C=C\C/C=C\CCCC[C@]1([C@H](C)CCCCC)CCC1OC[C@@H](O)C(C)(C)CC(C)(C)N(C)CCOP(=O)(OC)OCCN. The van der Waals surface area contributed by atoms with E-state index in [-0.39, 0.29) is 42.2 Å². The average molecular weight is 715 g/mol. The molecule has 290 valence electrons. The van der Waals surface area contributed by atoms with Gasteiger partial charge in [-0.1, -0.05) is 104 Å². The Kier molecular flexibility index (Phi) is 23.3. The van der Waals surface area contributed by atoms with E-state index in [0.717, 1.165) is 25.7 Å². The van der Waals surface area contributed by atoms with Crippen molar-refractivity contribution in [1.29, 1.82) is 0 Å². The minimum atomic E-state index is -3.61. The molecule has 3 N–H and O–H groups in total. The van der Waals surface area contributed by atoms with Gasteiger partial charge in [-0.2, -0.15) is 0 Å². The summed E-state index contributed by atoms with van der Waals surface area (Å²) in [4.78, 5) is 2.17. The van der Waals surface area contributed by atoms with Crippen molar-refractivity contribution in [2.24, 2.45) is 22.5 Å². The normalized spacial score (nSPS) is 21.4. The number of phosphoric ester groups is 1. The summed E-state index contributed by atoms with van der Waals surface area (Å²) in [7, 11) is -0.281. The van der Waals surface area contributed by atoms with Gasteiger partial charge in [0.15, 0.2) is 0 Å². The Labute approximate surface area is 302 Å². The van der Waals surface area contributed by atoms with Crippen molar-refractivity contribution in [3.05, 3.63) is 24.3 Å². The molecular weight excluding hydrogens is 635 g/mol. The van der Waals surface area contributed by atoms with Crippen molar-refractivity contribution in [2.45, 2.75) is 169 Å². The van der Waals surface area contributed by atoms with Crippen molar-refractivity contribution in [2.75, 3.05) is 47.1 Å². The maximum absolute atomic E-state index is 12.6. The summed E-state index contributed by atoms with van der Waals surface area (Å²) < 4.78 is 34.9. The van der Waals surface area contributed by atoms with E-state index in [1.807, 2.05) is 7.05 Å². The maximum Gasteiger partial charge on any atom is 0.474 e. The summed E-state index contributed by atoms with van der Waals surface area (Å²) in [5, 5.41) is 11.5. The van der Waals surface area contributed by atoms with Gasteiger partial charge in [0.05, 0.1) is 32.0 Å². The van der Waals surface area contributed by atoms with Crippen LogP contribution >= 0.6 is 7.82 Å². The number of ether oxygens (including phenoxy) is 1. The largest absolute Gasteiger partial charge is 0.474 e. The minimum absolute atomic E-state index is 0.107. The van der Waals surface area contributed by atoms with Crippen LogP contribution in [-0.2, 0) is 22.9 Å². The minimum Gasteiger partial charge on any atom is -0.390 e. The molecule has 0 aromatic carbocycles. The van der Waals surface area contributed by atoms with E-state index in [9.17, 15) is 9.67 Å². The summed E-state index contributed by atoms with van der Waals surface area (Å²) >= 11 is 0. The number of unbranched alkanes of at least 4 members (excludes halogenated alkanes) is 7.